The largest absolute Gasteiger partial charge is 0.492 e. The monoisotopic (exact) mass is 724 g/mol. The molecule has 0 spiro atoms. The number of nitrogens with one attached hydrogen (secondary N) is 2. The first-order valence-corrected chi connectivity index (χ1v) is 18.9. The quantitative estimate of drug-likeness (QED) is 0.150. The summed E-state index contributed by atoms with van der Waals surface area (Å²) in [6.07, 6.45) is 2.99. The minimum Gasteiger partial charge on any atom is -0.492 e. The number of carbonyl (C=O) groups excluding carboxylic acids is 2. The van der Waals surface area contributed by atoms with Gasteiger partial charge in [-0.25, -0.2) is 14.6 Å². The first-order valence-electron chi connectivity index (χ1n) is 18.9. The number of urea groups is 1. The van der Waals surface area contributed by atoms with Gasteiger partial charge in [0.05, 0.1) is 0 Å². The molecule has 0 aliphatic carbocycles. The molecule has 0 radical (unpaired) electrons. The van der Waals surface area contributed by atoms with Crippen LogP contribution in [0.4, 0.5) is 21.0 Å². The Hall–Kier alpha value is -4.90. The molecule has 1 saturated heterocycles. The maximum Gasteiger partial charge on any atom is 0.410 e. The van der Waals surface area contributed by atoms with Gasteiger partial charge in [-0.15, -0.1) is 0 Å². The van der Waals surface area contributed by atoms with Gasteiger partial charge in [0, 0.05) is 56.5 Å². The molecule has 53 heavy (non-hydrogen) atoms. The van der Waals surface area contributed by atoms with Crippen LogP contribution in [0.2, 0.25) is 0 Å². The van der Waals surface area contributed by atoms with Crippen LogP contribution in [-0.4, -0.2) is 83.4 Å². The van der Waals surface area contributed by atoms with E-state index in [1.807, 2.05) is 45.0 Å². The second kappa shape index (κ2) is 17.3. The molecule has 2 N–H and O–H groups in total. The second-order valence-corrected chi connectivity index (χ2v) is 15.4. The molecular weight excluding hydrogens is 668 g/mol. The number of aromatic amines is 1. The maximum absolute atomic E-state index is 14.2. The van der Waals surface area contributed by atoms with E-state index in [4.69, 9.17) is 9.47 Å². The smallest absolute Gasteiger partial charge is 0.410 e. The molecule has 4 aromatic rings. The number of carbonyl (C=O) groups is 2. The molecule has 0 atom stereocenters. The molecule has 11 nitrogen and oxygen atoms in total. The standard InChI is InChI=1S/C42H56N6O5/c1-9-10-17-48(36-27-31-14-12-16-43-38(31)45-39(36)49)40(50)44-37-34(28(2)3)25-32(26-35(37)29(4)5)30-13-11-15-33(24-30)52-23-22-46-18-20-47(21-19-46)41(51)53-42(6,7)8/h11-16,24-29H,9-10,17-23H2,1-8H3,(H,44,50)(H,43,45,49). The normalized spacial score (nSPS) is 13.8. The third kappa shape index (κ3) is 10.2. The van der Waals surface area contributed by atoms with Gasteiger partial charge in [0.25, 0.3) is 5.56 Å². The Bertz CT molecular complexity index is 1910. The van der Waals surface area contributed by atoms with Gasteiger partial charge in [0.1, 0.15) is 29.3 Å². The maximum atomic E-state index is 14.2. The van der Waals surface area contributed by atoms with E-state index in [1.54, 1.807) is 22.1 Å². The number of ether oxygens (including phenoxy) is 2. The predicted octanol–water partition coefficient (Wildman–Crippen LogP) is 8.61. The van der Waals surface area contributed by atoms with Crippen LogP contribution in [0, 0.1) is 0 Å². The van der Waals surface area contributed by atoms with Crippen LogP contribution in [0.25, 0.3) is 22.2 Å². The number of benzene rings is 2. The van der Waals surface area contributed by atoms with Crippen LogP contribution < -0.4 is 20.5 Å². The van der Waals surface area contributed by atoms with Crippen molar-refractivity contribution in [1.82, 2.24) is 19.8 Å². The molecule has 3 heterocycles. The summed E-state index contributed by atoms with van der Waals surface area (Å²) < 4.78 is 11.8. The number of pyridine rings is 2. The topological polar surface area (TPSA) is 120 Å². The van der Waals surface area contributed by atoms with Crippen molar-refractivity contribution in [3.8, 4) is 16.9 Å². The zero-order valence-electron chi connectivity index (χ0n) is 32.6. The molecule has 11 heteroatoms. The zero-order chi connectivity index (χ0) is 38.3. The average molecular weight is 725 g/mol. The van der Waals surface area contributed by atoms with Gasteiger partial charge in [-0.2, -0.15) is 0 Å². The average Bonchev–Trinajstić information content (AvgIpc) is 3.11. The number of piperazine rings is 1. The molecule has 1 fully saturated rings. The Labute approximate surface area is 313 Å². The van der Waals surface area contributed by atoms with Crippen LogP contribution in [0.5, 0.6) is 5.75 Å². The second-order valence-electron chi connectivity index (χ2n) is 15.4. The number of nitrogens with zero attached hydrogens (tertiary/aromatic N) is 4. The Kier molecular flexibility index (Phi) is 12.8. The number of hydrogen-bond acceptors (Lipinski definition) is 7. The molecule has 0 bridgehead atoms. The molecular formula is C42H56N6O5. The SMILES string of the molecule is CCCCN(C(=O)Nc1c(C(C)C)cc(-c2cccc(OCCN3CCN(C(=O)OC(C)(C)C)CC3)c2)cc1C(C)C)c1cc2cccnc2[nH]c1=O. The summed E-state index contributed by atoms with van der Waals surface area (Å²) in [6.45, 7) is 20.7. The zero-order valence-corrected chi connectivity index (χ0v) is 32.6. The number of unbranched alkanes of at least 4 members (excludes halogenated alkanes) is 1. The summed E-state index contributed by atoms with van der Waals surface area (Å²) in [7, 11) is 0. The van der Waals surface area contributed by atoms with Crippen LogP contribution in [-0.2, 0) is 4.74 Å². The Morgan fingerprint density at radius 3 is 2.28 bits per heavy atom. The van der Waals surface area contributed by atoms with Crippen molar-refractivity contribution < 1.29 is 19.1 Å². The lowest BCUT2D eigenvalue weighted by Gasteiger charge is -2.35. The molecule has 0 saturated carbocycles. The molecule has 0 unspecified atom stereocenters. The molecule has 1 aliphatic heterocycles. The highest BCUT2D eigenvalue weighted by atomic mass is 16.6. The number of amides is 3. The van der Waals surface area contributed by atoms with Crippen molar-refractivity contribution >= 4 is 34.5 Å². The van der Waals surface area contributed by atoms with Crippen molar-refractivity contribution in [1.29, 1.82) is 0 Å². The molecule has 3 amide bonds. The number of hydrogen-bond donors (Lipinski definition) is 2. The van der Waals surface area contributed by atoms with Gasteiger partial charge in [-0.1, -0.05) is 53.2 Å². The summed E-state index contributed by atoms with van der Waals surface area (Å²) in [5.74, 6) is 1.00. The number of H-pyrrole nitrogens is 1. The summed E-state index contributed by atoms with van der Waals surface area (Å²) in [4.78, 5) is 52.6. The van der Waals surface area contributed by atoms with Crippen molar-refractivity contribution in [2.75, 3.05) is 56.1 Å². The van der Waals surface area contributed by atoms with Crippen LogP contribution in [0.1, 0.15) is 91.2 Å². The number of aromatic nitrogens is 2. The van der Waals surface area contributed by atoms with Gasteiger partial charge in [0.15, 0.2) is 0 Å². The van der Waals surface area contributed by atoms with E-state index >= 15 is 0 Å². The van der Waals surface area contributed by atoms with Gasteiger partial charge < -0.3 is 24.7 Å². The van der Waals surface area contributed by atoms with Crippen molar-refractivity contribution in [3.63, 3.8) is 0 Å². The van der Waals surface area contributed by atoms with E-state index in [1.165, 1.54) is 0 Å². The molecule has 5 rings (SSSR count). The van der Waals surface area contributed by atoms with Gasteiger partial charge in [-0.3, -0.25) is 14.6 Å². The third-order valence-electron chi connectivity index (χ3n) is 9.41. The van der Waals surface area contributed by atoms with E-state index in [2.05, 4.69) is 79.1 Å². The number of fused-ring (bicyclic) bond motifs is 1. The van der Waals surface area contributed by atoms with Crippen molar-refractivity contribution in [3.05, 3.63) is 82.3 Å². The number of anilines is 2. The Balaban J connectivity index is 1.32. The van der Waals surface area contributed by atoms with Crippen LogP contribution >= 0.6 is 0 Å². The molecule has 1 aliphatic rings. The summed E-state index contributed by atoms with van der Waals surface area (Å²) in [5, 5.41) is 4.01. The highest BCUT2D eigenvalue weighted by molar-refractivity contribution is 6.03. The van der Waals surface area contributed by atoms with E-state index in [-0.39, 0.29) is 29.5 Å². The van der Waals surface area contributed by atoms with Crippen LogP contribution in [0.15, 0.2) is 65.6 Å². The first kappa shape index (κ1) is 39.3. The molecule has 2 aromatic carbocycles. The van der Waals surface area contributed by atoms with Crippen molar-refractivity contribution in [2.24, 2.45) is 0 Å². The van der Waals surface area contributed by atoms with E-state index in [0.717, 1.165) is 71.6 Å². The van der Waals surface area contributed by atoms with E-state index in [0.29, 0.717) is 37.6 Å². The minimum absolute atomic E-state index is 0.109. The lowest BCUT2D eigenvalue weighted by atomic mass is 9.88. The van der Waals surface area contributed by atoms with Crippen molar-refractivity contribution in [2.45, 2.75) is 85.7 Å². The van der Waals surface area contributed by atoms with Crippen LogP contribution in [0.3, 0.4) is 0 Å². The fourth-order valence-corrected chi connectivity index (χ4v) is 6.49. The predicted molar refractivity (Wildman–Crippen MR) is 213 cm³/mol. The van der Waals surface area contributed by atoms with Gasteiger partial charge in [0.2, 0.25) is 0 Å². The number of rotatable bonds is 12. The highest BCUT2D eigenvalue weighted by Crippen LogP contribution is 2.38. The highest BCUT2D eigenvalue weighted by Gasteiger charge is 2.27. The lowest BCUT2D eigenvalue weighted by Crippen LogP contribution is -2.50. The summed E-state index contributed by atoms with van der Waals surface area (Å²) >= 11 is 0. The minimum atomic E-state index is -0.503. The van der Waals surface area contributed by atoms with Gasteiger partial charge in [-0.05, 0) is 104 Å². The Morgan fingerprint density at radius 2 is 1.64 bits per heavy atom. The molecule has 2 aromatic heterocycles. The summed E-state index contributed by atoms with van der Waals surface area (Å²) in [6, 6.07) is 17.5. The van der Waals surface area contributed by atoms with E-state index in [9.17, 15) is 14.4 Å². The summed E-state index contributed by atoms with van der Waals surface area (Å²) in [5.41, 5.74) is 4.81. The van der Waals surface area contributed by atoms with E-state index < -0.39 is 5.60 Å². The Morgan fingerprint density at radius 1 is 0.943 bits per heavy atom. The molecule has 284 valence electrons. The lowest BCUT2D eigenvalue weighted by molar-refractivity contribution is 0.0137. The first-order chi connectivity index (χ1) is 25.2. The fraction of sp³-hybridized carbons (Fsp3) is 0.476. The fourth-order valence-electron chi connectivity index (χ4n) is 6.49. The van der Waals surface area contributed by atoms with Gasteiger partial charge >= 0.3 is 12.1 Å². The third-order valence-corrected chi connectivity index (χ3v) is 9.41.